The average molecular weight is 261 g/mol. The third kappa shape index (κ3) is 3.80. The van der Waals surface area contributed by atoms with Gasteiger partial charge < -0.3 is 5.11 Å². The standard InChI is InChI=1S/C3H5ClIN3O/c4-1-2(9)3(5)7-8-6/h2-3,9H,1H2. The Hall–Kier alpha value is 0.290. The van der Waals surface area contributed by atoms with Crippen LogP contribution in [0.25, 0.3) is 10.4 Å². The molecule has 0 aromatic carbocycles. The summed E-state index contributed by atoms with van der Waals surface area (Å²) in [4.78, 5) is 2.50. The van der Waals surface area contributed by atoms with E-state index in [9.17, 15) is 0 Å². The highest BCUT2D eigenvalue weighted by Crippen LogP contribution is 2.09. The molecule has 0 aliphatic carbocycles. The van der Waals surface area contributed by atoms with Gasteiger partial charge in [-0.2, -0.15) is 0 Å². The summed E-state index contributed by atoms with van der Waals surface area (Å²) in [5.41, 5.74) is 7.88. The van der Waals surface area contributed by atoms with Crippen molar-refractivity contribution in [2.24, 2.45) is 5.11 Å². The molecule has 0 amide bonds. The van der Waals surface area contributed by atoms with Gasteiger partial charge in [0.15, 0.2) is 0 Å². The first-order valence-corrected chi connectivity index (χ1v) is 3.92. The van der Waals surface area contributed by atoms with Crippen LogP contribution in [-0.4, -0.2) is 21.1 Å². The lowest BCUT2D eigenvalue weighted by atomic mass is 10.4. The summed E-state index contributed by atoms with van der Waals surface area (Å²) in [6, 6.07) is 0. The summed E-state index contributed by atoms with van der Waals surface area (Å²) in [5, 5.41) is 12.1. The predicted molar refractivity (Wildman–Crippen MR) is 43.7 cm³/mol. The van der Waals surface area contributed by atoms with E-state index >= 15 is 0 Å². The molecule has 0 aliphatic heterocycles. The van der Waals surface area contributed by atoms with Gasteiger partial charge in [-0.1, -0.05) is 27.7 Å². The molecule has 0 saturated carbocycles. The van der Waals surface area contributed by atoms with Crippen molar-refractivity contribution < 1.29 is 5.11 Å². The Morgan fingerprint density at radius 2 is 2.44 bits per heavy atom. The zero-order valence-electron chi connectivity index (χ0n) is 4.41. The molecular formula is C3H5ClIN3O. The summed E-state index contributed by atoms with van der Waals surface area (Å²) in [7, 11) is 0. The highest BCUT2D eigenvalue weighted by atomic mass is 127. The van der Waals surface area contributed by atoms with E-state index in [0.717, 1.165) is 0 Å². The van der Waals surface area contributed by atoms with Crippen LogP contribution in [0.4, 0.5) is 0 Å². The Morgan fingerprint density at radius 3 is 2.78 bits per heavy atom. The normalized spacial score (nSPS) is 15.9. The summed E-state index contributed by atoms with van der Waals surface area (Å²) >= 11 is 7.06. The number of rotatable bonds is 3. The van der Waals surface area contributed by atoms with Crippen molar-refractivity contribution in [3.63, 3.8) is 0 Å². The highest BCUT2D eigenvalue weighted by molar-refractivity contribution is 14.1. The summed E-state index contributed by atoms with van der Waals surface area (Å²) in [5.74, 6) is 0.0899. The Balaban J connectivity index is 3.71. The molecule has 0 heterocycles. The lowest BCUT2D eigenvalue weighted by molar-refractivity contribution is 0.201. The van der Waals surface area contributed by atoms with Crippen molar-refractivity contribution in [2.45, 2.75) is 10.2 Å². The van der Waals surface area contributed by atoms with Crippen LogP contribution in [0.1, 0.15) is 0 Å². The molecule has 4 nitrogen and oxygen atoms in total. The smallest absolute Gasteiger partial charge is 0.116 e. The lowest BCUT2D eigenvalue weighted by Gasteiger charge is -2.06. The van der Waals surface area contributed by atoms with E-state index < -0.39 is 10.2 Å². The minimum atomic E-state index is -0.747. The topological polar surface area (TPSA) is 69.0 Å². The highest BCUT2D eigenvalue weighted by Gasteiger charge is 2.11. The molecule has 2 atom stereocenters. The minimum absolute atomic E-state index is 0.0899. The first-order chi connectivity index (χ1) is 4.22. The largest absolute Gasteiger partial charge is 0.391 e. The molecule has 0 aliphatic rings. The number of halogens is 2. The van der Waals surface area contributed by atoms with E-state index in [1.807, 2.05) is 22.6 Å². The molecular weight excluding hydrogens is 256 g/mol. The van der Waals surface area contributed by atoms with Gasteiger partial charge in [0.2, 0.25) is 0 Å². The quantitative estimate of drug-likeness (QED) is 0.206. The molecule has 0 bridgehead atoms. The van der Waals surface area contributed by atoms with Gasteiger partial charge in [-0.25, -0.2) is 0 Å². The van der Waals surface area contributed by atoms with Crippen LogP contribution in [0.15, 0.2) is 5.11 Å². The summed E-state index contributed by atoms with van der Waals surface area (Å²) in [6.45, 7) is 0. The average Bonchev–Trinajstić information content (AvgIpc) is 1.87. The maximum absolute atomic E-state index is 8.85. The maximum atomic E-state index is 8.85. The van der Waals surface area contributed by atoms with Crippen molar-refractivity contribution >= 4 is 34.2 Å². The molecule has 2 unspecified atom stereocenters. The fraction of sp³-hybridized carbons (Fsp3) is 1.00. The molecule has 0 fully saturated rings. The molecule has 0 saturated heterocycles. The second kappa shape index (κ2) is 5.10. The van der Waals surface area contributed by atoms with Gasteiger partial charge in [0.05, 0.1) is 6.10 Å². The van der Waals surface area contributed by atoms with E-state index in [0.29, 0.717) is 0 Å². The van der Waals surface area contributed by atoms with Crippen molar-refractivity contribution in [1.29, 1.82) is 0 Å². The van der Waals surface area contributed by atoms with E-state index in [2.05, 4.69) is 10.0 Å². The Kier molecular flexibility index (Phi) is 5.27. The van der Waals surface area contributed by atoms with Crippen LogP contribution in [0, 0.1) is 0 Å². The van der Waals surface area contributed by atoms with E-state index in [1.165, 1.54) is 0 Å². The van der Waals surface area contributed by atoms with E-state index in [4.69, 9.17) is 22.2 Å². The van der Waals surface area contributed by atoms with Gasteiger partial charge in [0.25, 0.3) is 0 Å². The number of hydrogen-bond acceptors (Lipinski definition) is 2. The van der Waals surface area contributed by atoms with Crippen LogP contribution in [0.5, 0.6) is 0 Å². The van der Waals surface area contributed by atoms with Crippen molar-refractivity contribution in [3.05, 3.63) is 10.4 Å². The van der Waals surface area contributed by atoms with Crippen LogP contribution in [-0.2, 0) is 0 Å². The molecule has 9 heavy (non-hydrogen) atoms. The molecule has 6 heteroatoms. The molecule has 0 spiro atoms. The first kappa shape index (κ1) is 9.29. The van der Waals surface area contributed by atoms with Crippen LogP contribution >= 0.6 is 34.2 Å². The molecule has 1 N–H and O–H groups in total. The number of aliphatic hydroxyl groups excluding tert-OH is 1. The summed E-state index contributed by atoms with van der Waals surface area (Å²) in [6.07, 6.45) is -0.747. The summed E-state index contributed by atoms with van der Waals surface area (Å²) < 4.78 is -0.468. The number of alkyl halides is 2. The van der Waals surface area contributed by atoms with Gasteiger partial charge in [-0.3, -0.25) is 0 Å². The molecule has 0 aromatic heterocycles. The zero-order valence-corrected chi connectivity index (χ0v) is 7.32. The Bertz CT molecular complexity index is 126. The van der Waals surface area contributed by atoms with Crippen molar-refractivity contribution in [3.8, 4) is 0 Å². The van der Waals surface area contributed by atoms with Crippen molar-refractivity contribution in [2.75, 3.05) is 5.88 Å². The van der Waals surface area contributed by atoms with Crippen LogP contribution in [0.2, 0.25) is 0 Å². The van der Waals surface area contributed by atoms with Gasteiger partial charge in [-0.15, -0.1) is 11.6 Å². The fourth-order valence-electron chi connectivity index (χ4n) is 0.200. The predicted octanol–water partition coefficient (Wildman–Crippen LogP) is 1.66. The SMILES string of the molecule is [N-]=[N+]=NC(I)C(O)CCl. The van der Waals surface area contributed by atoms with Gasteiger partial charge in [0.1, 0.15) is 4.05 Å². The minimum Gasteiger partial charge on any atom is -0.391 e. The molecule has 0 rings (SSSR count). The number of hydrogen-bond donors (Lipinski definition) is 1. The van der Waals surface area contributed by atoms with Gasteiger partial charge in [0, 0.05) is 10.8 Å². The van der Waals surface area contributed by atoms with Gasteiger partial charge in [-0.05, 0) is 5.53 Å². The van der Waals surface area contributed by atoms with Crippen LogP contribution < -0.4 is 0 Å². The monoisotopic (exact) mass is 261 g/mol. The number of nitrogens with zero attached hydrogens (tertiary/aromatic N) is 3. The molecule has 52 valence electrons. The fourth-order valence-corrected chi connectivity index (χ4v) is 1.03. The van der Waals surface area contributed by atoms with Crippen molar-refractivity contribution in [1.82, 2.24) is 0 Å². The second-order valence-corrected chi connectivity index (χ2v) is 2.88. The van der Waals surface area contributed by atoms with E-state index in [1.54, 1.807) is 0 Å². The number of aliphatic hydroxyl groups is 1. The first-order valence-electron chi connectivity index (χ1n) is 2.14. The third-order valence-corrected chi connectivity index (χ3v) is 2.03. The van der Waals surface area contributed by atoms with Crippen LogP contribution in [0.3, 0.4) is 0 Å². The Morgan fingerprint density at radius 1 is 1.89 bits per heavy atom. The molecule has 0 aromatic rings. The lowest BCUT2D eigenvalue weighted by Crippen LogP contribution is -2.18. The molecule has 0 radical (unpaired) electrons. The Labute approximate surface area is 71.0 Å². The zero-order chi connectivity index (χ0) is 7.28. The maximum Gasteiger partial charge on any atom is 0.116 e. The third-order valence-electron chi connectivity index (χ3n) is 0.638. The second-order valence-electron chi connectivity index (χ2n) is 1.30. The van der Waals surface area contributed by atoms with Gasteiger partial charge >= 0.3 is 0 Å². The number of azide groups is 1. The van der Waals surface area contributed by atoms with E-state index in [-0.39, 0.29) is 5.88 Å².